The molecular formula is C15H10BrClOS. The molecule has 0 aliphatic heterocycles. The summed E-state index contributed by atoms with van der Waals surface area (Å²) in [6.45, 7) is 0. The second-order valence-electron chi connectivity index (χ2n) is 4.23. The molecule has 0 saturated heterocycles. The predicted octanol–water partition coefficient (Wildman–Crippen LogP) is 5.40. The highest BCUT2D eigenvalue weighted by atomic mass is 79.9. The Morgan fingerprint density at radius 3 is 2.63 bits per heavy atom. The van der Waals surface area contributed by atoms with Crippen LogP contribution in [-0.2, 0) is 0 Å². The summed E-state index contributed by atoms with van der Waals surface area (Å²) in [5, 5.41) is 12.3. The van der Waals surface area contributed by atoms with E-state index in [-0.39, 0.29) is 0 Å². The lowest BCUT2D eigenvalue weighted by Gasteiger charge is -2.10. The third-order valence-electron chi connectivity index (χ3n) is 2.97. The largest absolute Gasteiger partial charge is 0.383 e. The van der Waals surface area contributed by atoms with Gasteiger partial charge in [-0.3, -0.25) is 0 Å². The van der Waals surface area contributed by atoms with E-state index in [0.717, 1.165) is 25.0 Å². The van der Waals surface area contributed by atoms with E-state index in [2.05, 4.69) is 22.0 Å². The van der Waals surface area contributed by atoms with Gasteiger partial charge in [0, 0.05) is 19.6 Å². The van der Waals surface area contributed by atoms with E-state index in [9.17, 15) is 5.11 Å². The van der Waals surface area contributed by atoms with Crippen molar-refractivity contribution in [1.82, 2.24) is 0 Å². The molecule has 2 aromatic carbocycles. The van der Waals surface area contributed by atoms with E-state index in [4.69, 9.17) is 11.6 Å². The number of aliphatic hydroxyl groups is 1. The van der Waals surface area contributed by atoms with Crippen molar-refractivity contribution in [2.75, 3.05) is 0 Å². The van der Waals surface area contributed by atoms with Gasteiger partial charge in [0.1, 0.15) is 6.10 Å². The quantitative estimate of drug-likeness (QED) is 0.654. The molecule has 1 atom stereocenters. The lowest BCUT2D eigenvalue weighted by Crippen LogP contribution is -1.97. The van der Waals surface area contributed by atoms with Crippen LogP contribution in [-0.4, -0.2) is 5.11 Å². The number of benzene rings is 2. The third-order valence-corrected chi connectivity index (χ3v) is 5.55. The van der Waals surface area contributed by atoms with Gasteiger partial charge in [0.15, 0.2) is 0 Å². The van der Waals surface area contributed by atoms with Crippen molar-refractivity contribution < 1.29 is 5.11 Å². The maximum atomic E-state index is 10.5. The van der Waals surface area contributed by atoms with Crippen LogP contribution in [0.15, 0.2) is 53.0 Å². The maximum Gasteiger partial charge on any atom is 0.114 e. The highest BCUT2D eigenvalue weighted by Crippen LogP contribution is 2.41. The molecule has 3 rings (SSSR count). The van der Waals surface area contributed by atoms with Crippen molar-refractivity contribution in [2.24, 2.45) is 0 Å². The molecule has 1 N–H and O–H groups in total. The van der Waals surface area contributed by atoms with Crippen LogP contribution in [0.25, 0.3) is 10.1 Å². The molecule has 1 heterocycles. The van der Waals surface area contributed by atoms with Gasteiger partial charge < -0.3 is 5.11 Å². The Bertz CT molecular complexity index is 738. The van der Waals surface area contributed by atoms with Crippen LogP contribution in [0.5, 0.6) is 0 Å². The molecule has 19 heavy (non-hydrogen) atoms. The summed E-state index contributed by atoms with van der Waals surface area (Å²) in [7, 11) is 0. The van der Waals surface area contributed by atoms with Crippen molar-refractivity contribution in [1.29, 1.82) is 0 Å². The first-order valence-electron chi connectivity index (χ1n) is 5.77. The Morgan fingerprint density at radius 1 is 1.11 bits per heavy atom. The van der Waals surface area contributed by atoms with E-state index >= 15 is 0 Å². The second-order valence-corrected chi connectivity index (χ2v) is 6.55. The van der Waals surface area contributed by atoms with Crippen molar-refractivity contribution >= 4 is 49.0 Å². The molecule has 3 aromatic rings. The number of thiophene rings is 1. The first-order valence-corrected chi connectivity index (χ1v) is 7.76. The standard InChI is InChI=1S/C15H10BrClOS/c16-13-11-6-1-2-7-12(11)19-15(13)14(18)9-4-3-5-10(17)8-9/h1-8,14,18H. The minimum atomic E-state index is -0.662. The van der Waals surface area contributed by atoms with Crippen LogP contribution in [0.2, 0.25) is 5.02 Å². The topological polar surface area (TPSA) is 20.2 Å². The van der Waals surface area contributed by atoms with Gasteiger partial charge in [0.25, 0.3) is 0 Å². The Hall–Kier alpha value is -0.870. The molecule has 96 valence electrons. The Kier molecular flexibility index (Phi) is 3.63. The zero-order chi connectivity index (χ0) is 13.4. The monoisotopic (exact) mass is 352 g/mol. The SMILES string of the molecule is OC(c1cccc(Cl)c1)c1sc2ccccc2c1Br. The summed E-state index contributed by atoms with van der Waals surface area (Å²) < 4.78 is 2.12. The molecular weight excluding hydrogens is 344 g/mol. The molecule has 0 aliphatic carbocycles. The van der Waals surface area contributed by atoms with Gasteiger partial charge in [0.05, 0.1) is 4.88 Å². The van der Waals surface area contributed by atoms with Crippen molar-refractivity contribution in [3.8, 4) is 0 Å². The van der Waals surface area contributed by atoms with E-state index < -0.39 is 6.10 Å². The summed E-state index contributed by atoms with van der Waals surface area (Å²) in [4.78, 5) is 0.906. The number of rotatable bonds is 2. The Balaban J connectivity index is 2.11. The van der Waals surface area contributed by atoms with Crippen LogP contribution in [0.4, 0.5) is 0 Å². The van der Waals surface area contributed by atoms with E-state index in [1.165, 1.54) is 0 Å². The summed E-state index contributed by atoms with van der Waals surface area (Å²) in [6.07, 6.45) is -0.662. The van der Waals surface area contributed by atoms with Crippen LogP contribution in [0, 0.1) is 0 Å². The molecule has 0 bridgehead atoms. The van der Waals surface area contributed by atoms with Crippen molar-refractivity contribution in [2.45, 2.75) is 6.10 Å². The Labute approximate surface area is 128 Å². The minimum Gasteiger partial charge on any atom is -0.383 e. The first-order chi connectivity index (χ1) is 9.16. The maximum absolute atomic E-state index is 10.5. The van der Waals surface area contributed by atoms with E-state index in [0.29, 0.717) is 5.02 Å². The van der Waals surface area contributed by atoms with E-state index in [1.807, 2.05) is 30.3 Å². The average Bonchev–Trinajstić information content (AvgIpc) is 2.76. The fourth-order valence-corrected chi connectivity index (χ4v) is 4.28. The fourth-order valence-electron chi connectivity index (χ4n) is 2.04. The minimum absolute atomic E-state index is 0.633. The van der Waals surface area contributed by atoms with Gasteiger partial charge in [-0.05, 0) is 39.7 Å². The van der Waals surface area contributed by atoms with Gasteiger partial charge in [-0.1, -0.05) is 41.9 Å². The predicted molar refractivity (Wildman–Crippen MR) is 85.0 cm³/mol. The van der Waals surface area contributed by atoms with Gasteiger partial charge in [0.2, 0.25) is 0 Å². The van der Waals surface area contributed by atoms with Crippen LogP contribution >= 0.6 is 38.9 Å². The third kappa shape index (κ3) is 2.43. The number of hydrogen-bond donors (Lipinski definition) is 1. The molecule has 0 spiro atoms. The van der Waals surface area contributed by atoms with Gasteiger partial charge in [-0.25, -0.2) is 0 Å². The summed E-state index contributed by atoms with van der Waals surface area (Å²) in [5.74, 6) is 0. The number of hydrogen-bond acceptors (Lipinski definition) is 2. The van der Waals surface area contributed by atoms with E-state index in [1.54, 1.807) is 23.5 Å². The number of fused-ring (bicyclic) bond motifs is 1. The average molecular weight is 354 g/mol. The Morgan fingerprint density at radius 2 is 1.89 bits per heavy atom. The zero-order valence-electron chi connectivity index (χ0n) is 9.81. The van der Waals surface area contributed by atoms with Crippen LogP contribution in [0.1, 0.15) is 16.5 Å². The van der Waals surface area contributed by atoms with Crippen molar-refractivity contribution in [3.63, 3.8) is 0 Å². The molecule has 0 aliphatic rings. The normalized spacial score (nSPS) is 12.8. The lowest BCUT2D eigenvalue weighted by molar-refractivity contribution is 0.223. The molecule has 0 amide bonds. The van der Waals surface area contributed by atoms with Crippen LogP contribution in [0.3, 0.4) is 0 Å². The van der Waals surface area contributed by atoms with Gasteiger partial charge in [-0.2, -0.15) is 0 Å². The van der Waals surface area contributed by atoms with Gasteiger partial charge in [-0.15, -0.1) is 11.3 Å². The lowest BCUT2D eigenvalue weighted by atomic mass is 10.1. The first kappa shape index (κ1) is 13.1. The summed E-state index contributed by atoms with van der Waals surface area (Å²) in [5.41, 5.74) is 0.805. The van der Waals surface area contributed by atoms with Gasteiger partial charge >= 0.3 is 0 Å². The molecule has 0 saturated carbocycles. The number of aliphatic hydroxyl groups excluding tert-OH is 1. The molecule has 1 unspecified atom stereocenters. The summed E-state index contributed by atoms with van der Waals surface area (Å²) >= 11 is 11.2. The summed E-state index contributed by atoms with van der Waals surface area (Å²) in [6, 6.07) is 15.4. The molecule has 4 heteroatoms. The molecule has 0 radical (unpaired) electrons. The van der Waals surface area contributed by atoms with Crippen molar-refractivity contribution in [3.05, 3.63) is 68.5 Å². The molecule has 1 nitrogen and oxygen atoms in total. The highest BCUT2D eigenvalue weighted by Gasteiger charge is 2.18. The smallest absolute Gasteiger partial charge is 0.114 e. The second kappa shape index (κ2) is 5.25. The van der Waals surface area contributed by atoms with Crippen LogP contribution < -0.4 is 0 Å². The molecule has 1 aromatic heterocycles. The highest BCUT2D eigenvalue weighted by molar-refractivity contribution is 9.10. The fraction of sp³-hybridized carbons (Fsp3) is 0.0667. The number of halogens is 2. The molecule has 0 fully saturated rings. The zero-order valence-corrected chi connectivity index (χ0v) is 13.0.